The zero-order valence-corrected chi connectivity index (χ0v) is 5.93. The van der Waals surface area contributed by atoms with Crippen molar-refractivity contribution in [3.63, 3.8) is 0 Å². The Kier molecular flexibility index (Phi) is 1.99. The van der Waals surface area contributed by atoms with Gasteiger partial charge in [-0.1, -0.05) is 11.6 Å². The van der Waals surface area contributed by atoms with Crippen molar-refractivity contribution in [1.29, 1.82) is 0 Å². The fraction of sp³-hybridized carbons (Fsp3) is 0. The van der Waals surface area contributed by atoms with Gasteiger partial charge in [-0.25, -0.2) is 0 Å². The SMILES string of the molecule is NOc1ccc(N)c(Cl)c1. The van der Waals surface area contributed by atoms with Crippen molar-refractivity contribution in [2.24, 2.45) is 5.90 Å². The molecule has 4 heteroatoms. The van der Waals surface area contributed by atoms with Gasteiger partial charge < -0.3 is 10.6 Å². The van der Waals surface area contributed by atoms with Crippen LogP contribution in [-0.2, 0) is 0 Å². The summed E-state index contributed by atoms with van der Waals surface area (Å²) in [6.07, 6.45) is 0. The lowest BCUT2D eigenvalue weighted by Gasteiger charge is -1.99. The highest BCUT2D eigenvalue weighted by Gasteiger charge is 1.96. The van der Waals surface area contributed by atoms with Gasteiger partial charge in [0.25, 0.3) is 0 Å². The van der Waals surface area contributed by atoms with Gasteiger partial charge in [-0.3, -0.25) is 0 Å². The topological polar surface area (TPSA) is 61.3 Å². The molecule has 1 rings (SSSR count). The molecule has 1 aromatic carbocycles. The van der Waals surface area contributed by atoms with Crippen LogP contribution in [0.2, 0.25) is 5.02 Å². The summed E-state index contributed by atoms with van der Waals surface area (Å²) in [7, 11) is 0. The maximum absolute atomic E-state index is 5.63. The molecule has 0 saturated heterocycles. The van der Waals surface area contributed by atoms with E-state index in [-0.39, 0.29) is 0 Å². The largest absolute Gasteiger partial charge is 0.411 e. The van der Waals surface area contributed by atoms with Gasteiger partial charge in [0.1, 0.15) is 5.75 Å². The highest BCUT2D eigenvalue weighted by atomic mass is 35.5. The fourth-order valence-corrected chi connectivity index (χ4v) is 0.752. The smallest absolute Gasteiger partial charge is 0.148 e. The van der Waals surface area contributed by atoms with Crippen molar-refractivity contribution >= 4 is 17.3 Å². The lowest BCUT2D eigenvalue weighted by atomic mass is 10.3. The normalized spacial score (nSPS) is 9.40. The quantitative estimate of drug-likeness (QED) is 0.477. The number of halogens is 1. The summed E-state index contributed by atoms with van der Waals surface area (Å²) in [6.45, 7) is 0. The van der Waals surface area contributed by atoms with E-state index in [4.69, 9.17) is 23.2 Å². The first-order chi connectivity index (χ1) is 4.74. The van der Waals surface area contributed by atoms with Crippen molar-refractivity contribution in [2.45, 2.75) is 0 Å². The van der Waals surface area contributed by atoms with Gasteiger partial charge in [-0.05, 0) is 12.1 Å². The molecule has 0 aliphatic rings. The Morgan fingerprint density at radius 2 is 2.10 bits per heavy atom. The van der Waals surface area contributed by atoms with E-state index in [2.05, 4.69) is 4.84 Å². The highest BCUT2D eigenvalue weighted by molar-refractivity contribution is 6.33. The molecule has 0 amide bonds. The summed E-state index contributed by atoms with van der Waals surface area (Å²) in [4.78, 5) is 4.41. The molecule has 0 spiro atoms. The van der Waals surface area contributed by atoms with Crippen molar-refractivity contribution in [3.8, 4) is 5.75 Å². The Balaban J connectivity index is 3.04. The van der Waals surface area contributed by atoms with Crippen molar-refractivity contribution in [2.75, 3.05) is 5.73 Å². The molecule has 0 aliphatic carbocycles. The van der Waals surface area contributed by atoms with E-state index in [0.717, 1.165) is 0 Å². The van der Waals surface area contributed by atoms with Crippen LogP contribution in [-0.4, -0.2) is 0 Å². The van der Waals surface area contributed by atoms with Crippen LogP contribution in [0, 0.1) is 0 Å². The number of hydrogen-bond acceptors (Lipinski definition) is 3. The van der Waals surface area contributed by atoms with Gasteiger partial charge in [0.15, 0.2) is 0 Å². The monoisotopic (exact) mass is 158 g/mol. The van der Waals surface area contributed by atoms with E-state index in [9.17, 15) is 0 Å². The van der Waals surface area contributed by atoms with Gasteiger partial charge in [0.2, 0.25) is 0 Å². The third kappa shape index (κ3) is 1.32. The first-order valence-electron chi connectivity index (χ1n) is 2.66. The average molecular weight is 159 g/mol. The Labute approximate surface area is 63.5 Å². The highest BCUT2D eigenvalue weighted by Crippen LogP contribution is 2.22. The molecule has 4 N–H and O–H groups in total. The van der Waals surface area contributed by atoms with Gasteiger partial charge >= 0.3 is 0 Å². The van der Waals surface area contributed by atoms with Crippen LogP contribution in [0.3, 0.4) is 0 Å². The van der Waals surface area contributed by atoms with E-state index < -0.39 is 0 Å². The lowest BCUT2D eigenvalue weighted by molar-refractivity contribution is 0.334. The molecule has 0 atom stereocenters. The average Bonchev–Trinajstić information content (AvgIpc) is 1.95. The van der Waals surface area contributed by atoms with Crippen LogP contribution < -0.4 is 16.5 Å². The number of anilines is 1. The summed E-state index contributed by atoms with van der Waals surface area (Å²) in [5.74, 6) is 5.37. The first-order valence-corrected chi connectivity index (χ1v) is 3.03. The second kappa shape index (κ2) is 2.77. The summed E-state index contributed by atoms with van der Waals surface area (Å²) in [6, 6.07) is 4.82. The summed E-state index contributed by atoms with van der Waals surface area (Å²) in [5.41, 5.74) is 5.93. The number of benzene rings is 1. The number of hydrogen-bond donors (Lipinski definition) is 2. The van der Waals surface area contributed by atoms with Crippen molar-refractivity contribution < 1.29 is 4.84 Å². The summed E-state index contributed by atoms with van der Waals surface area (Å²) in [5, 5.41) is 0.447. The number of nitrogen functional groups attached to an aromatic ring is 1. The third-order valence-electron chi connectivity index (χ3n) is 1.11. The molecule has 1 aromatic rings. The molecule has 0 fully saturated rings. The molecular weight excluding hydrogens is 152 g/mol. The van der Waals surface area contributed by atoms with Crippen LogP contribution in [0.25, 0.3) is 0 Å². The fourth-order valence-electron chi connectivity index (χ4n) is 0.581. The van der Waals surface area contributed by atoms with Crippen LogP contribution >= 0.6 is 11.6 Å². The number of nitrogens with two attached hydrogens (primary N) is 2. The summed E-state index contributed by atoms with van der Waals surface area (Å²) < 4.78 is 0. The molecule has 0 heterocycles. The Bertz CT molecular complexity index is 239. The molecule has 0 bridgehead atoms. The van der Waals surface area contributed by atoms with E-state index >= 15 is 0 Å². The molecular formula is C6H7ClN2O. The first kappa shape index (κ1) is 7.18. The van der Waals surface area contributed by atoms with E-state index in [1.807, 2.05) is 0 Å². The van der Waals surface area contributed by atoms with E-state index in [1.165, 1.54) is 0 Å². The molecule has 0 radical (unpaired) electrons. The molecule has 10 heavy (non-hydrogen) atoms. The molecule has 0 aliphatic heterocycles. The van der Waals surface area contributed by atoms with Gasteiger partial charge in [0.05, 0.1) is 10.7 Å². The minimum absolute atomic E-state index is 0.447. The minimum Gasteiger partial charge on any atom is -0.411 e. The second-order valence-electron chi connectivity index (χ2n) is 1.80. The molecule has 54 valence electrons. The lowest BCUT2D eigenvalue weighted by Crippen LogP contribution is -2.01. The zero-order chi connectivity index (χ0) is 7.56. The molecule has 0 unspecified atom stereocenters. The molecule has 0 saturated carbocycles. The number of rotatable bonds is 1. The van der Waals surface area contributed by atoms with Crippen molar-refractivity contribution in [1.82, 2.24) is 0 Å². The van der Waals surface area contributed by atoms with E-state index in [1.54, 1.807) is 18.2 Å². The van der Waals surface area contributed by atoms with E-state index in [0.29, 0.717) is 16.5 Å². The standard InChI is InChI=1S/C6H7ClN2O/c7-5-3-4(10-9)1-2-6(5)8/h1-3H,8-9H2. The second-order valence-corrected chi connectivity index (χ2v) is 2.21. The third-order valence-corrected chi connectivity index (χ3v) is 1.44. The Morgan fingerprint density at radius 3 is 2.60 bits per heavy atom. The van der Waals surface area contributed by atoms with Gasteiger partial charge in [-0.15, -0.1) is 0 Å². The van der Waals surface area contributed by atoms with Crippen LogP contribution in [0.1, 0.15) is 0 Å². The maximum Gasteiger partial charge on any atom is 0.148 e. The van der Waals surface area contributed by atoms with Crippen LogP contribution in [0.4, 0.5) is 5.69 Å². The van der Waals surface area contributed by atoms with Crippen molar-refractivity contribution in [3.05, 3.63) is 23.2 Å². The van der Waals surface area contributed by atoms with Crippen LogP contribution in [0.5, 0.6) is 5.75 Å². The Hall–Kier alpha value is -0.930. The minimum atomic E-state index is 0.447. The maximum atomic E-state index is 5.63. The predicted octanol–water partition coefficient (Wildman–Crippen LogP) is 1.17. The van der Waals surface area contributed by atoms with Gasteiger partial charge in [-0.2, -0.15) is 5.90 Å². The van der Waals surface area contributed by atoms with Gasteiger partial charge in [0, 0.05) is 6.07 Å². The molecule has 0 aromatic heterocycles. The molecule has 3 nitrogen and oxygen atoms in total. The Morgan fingerprint density at radius 1 is 1.40 bits per heavy atom. The van der Waals surface area contributed by atoms with Crippen LogP contribution in [0.15, 0.2) is 18.2 Å². The zero-order valence-electron chi connectivity index (χ0n) is 5.17. The predicted molar refractivity (Wildman–Crippen MR) is 40.7 cm³/mol. The summed E-state index contributed by atoms with van der Waals surface area (Å²) >= 11 is 5.63.